The summed E-state index contributed by atoms with van der Waals surface area (Å²) < 4.78 is 0. The number of fused-ring (bicyclic) bond motifs is 1. The van der Waals surface area contributed by atoms with Crippen molar-refractivity contribution in [1.29, 1.82) is 0 Å². The number of thiazole rings is 1. The van der Waals surface area contributed by atoms with Crippen LogP contribution in [0.5, 0.6) is 0 Å². The Morgan fingerprint density at radius 1 is 1.20 bits per heavy atom. The number of aromatic nitrogens is 2. The van der Waals surface area contributed by atoms with E-state index < -0.39 is 0 Å². The van der Waals surface area contributed by atoms with Gasteiger partial charge in [-0.05, 0) is 50.8 Å². The minimum absolute atomic E-state index is 0.0537. The Morgan fingerprint density at radius 3 is 2.64 bits per heavy atom. The molecule has 2 N–H and O–H groups in total. The second-order valence-corrected chi connectivity index (χ2v) is 7.88. The van der Waals surface area contributed by atoms with Crippen LogP contribution in [0.2, 0.25) is 0 Å². The van der Waals surface area contributed by atoms with Crippen LogP contribution in [0.4, 0.5) is 0 Å². The van der Waals surface area contributed by atoms with Crippen LogP contribution in [-0.4, -0.2) is 15.9 Å². The predicted octanol–water partition coefficient (Wildman–Crippen LogP) is 4.28. The molecule has 0 bridgehead atoms. The fourth-order valence-corrected chi connectivity index (χ4v) is 4.33. The highest BCUT2D eigenvalue weighted by atomic mass is 32.1. The molecule has 2 aromatic heterocycles. The summed E-state index contributed by atoms with van der Waals surface area (Å²) in [5.41, 5.74) is 6.83. The number of benzene rings is 1. The summed E-state index contributed by atoms with van der Waals surface area (Å²) in [6.45, 7) is 10.9. The summed E-state index contributed by atoms with van der Waals surface area (Å²) in [5.74, 6) is 0.0537. The van der Waals surface area contributed by atoms with E-state index >= 15 is 0 Å². The number of amides is 1. The van der Waals surface area contributed by atoms with E-state index in [0.29, 0.717) is 13.0 Å². The minimum atomic E-state index is 0.0537. The minimum Gasteiger partial charge on any atom is -0.358 e. The molecule has 0 saturated heterocycles. The third-order valence-electron chi connectivity index (χ3n) is 4.69. The van der Waals surface area contributed by atoms with Crippen LogP contribution in [0, 0.1) is 27.7 Å². The smallest absolute Gasteiger partial charge is 0.224 e. The van der Waals surface area contributed by atoms with Gasteiger partial charge in [0.15, 0.2) is 0 Å². The summed E-state index contributed by atoms with van der Waals surface area (Å²) in [5, 5.41) is 5.31. The van der Waals surface area contributed by atoms with Gasteiger partial charge in [0.1, 0.15) is 0 Å². The highest BCUT2D eigenvalue weighted by Crippen LogP contribution is 2.28. The molecule has 0 aliphatic carbocycles. The predicted molar refractivity (Wildman–Crippen MR) is 104 cm³/mol. The SMILES string of the molecule is CCc1nc(C)sc1CNC(=O)Cc1c(C)[nH]c2c(C)ccc(C)c12. The number of hydrogen-bond acceptors (Lipinski definition) is 3. The van der Waals surface area contributed by atoms with Crippen LogP contribution in [0.25, 0.3) is 10.9 Å². The summed E-state index contributed by atoms with van der Waals surface area (Å²) in [4.78, 5) is 21.7. The molecule has 3 rings (SSSR count). The van der Waals surface area contributed by atoms with Gasteiger partial charge < -0.3 is 10.3 Å². The van der Waals surface area contributed by atoms with Crippen molar-refractivity contribution in [1.82, 2.24) is 15.3 Å². The van der Waals surface area contributed by atoms with Crippen molar-refractivity contribution in [3.8, 4) is 0 Å². The topological polar surface area (TPSA) is 57.8 Å². The number of rotatable bonds is 5. The van der Waals surface area contributed by atoms with Gasteiger partial charge in [0.2, 0.25) is 5.91 Å². The molecule has 0 fully saturated rings. The lowest BCUT2D eigenvalue weighted by Gasteiger charge is -2.07. The number of nitrogens with zero attached hydrogens (tertiary/aromatic N) is 1. The lowest BCUT2D eigenvalue weighted by atomic mass is 10.0. The molecular formula is C20H25N3OS. The van der Waals surface area contributed by atoms with Crippen LogP contribution in [-0.2, 0) is 24.2 Å². The van der Waals surface area contributed by atoms with E-state index in [1.54, 1.807) is 11.3 Å². The number of nitrogens with one attached hydrogen (secondary N) is 2. The van der Waals surface area contributed by atoms with Gasteiger partial charge in [0, 0.05) is 21.5 Å². The monoisotopic (exact) mass is 355 g/mol. The molecule has 2 heterocycles. The van der Waals surface area contributed by atoms with E-state index in [4.69, 9.17) is 0 Å². The van der Waals surface area contributed by atoms with Gasteiger partial charge in [-0.15, -0.1) is 11.3 Å². The first-order valence-corrected chi connectivity index (χ1v) is 9.51. The second-order valence-electron chi connectivity index (χ2n) is 6.59. The third-order valence-corrected chi connectivity index (χ3v) is 5.71. The quantitative estimate of drug-likeness (QED) is 0.718. The lowest BCUT2D eigenvalue weighted by molar-refractivity contribution is -0.120. The summed E-state index contributed by atoms with van der Waals surface area (Å²) in [7, 11) is 0. The molecule has 1 amide bonds. The summed E-state index contributed by atoms with van der Waals surface area (Å²) >= 11 is 1.67. The maximum absolute atomic E-state index is 12.5. The van der Waals surface area contributed by atoms with E-state index in [2.05, 4.69) is 48.2 Å². The van der Waals surface area contributed by atoms with Crippen molar-refractivity contribution in [3.63, 3.8) is 0 Å². The zero-order valence-corrected chi connectivity index (χ0v) is 16.4. The van der Waals surface area contributed by atoms with Crippen molar-refractivity contribution >= 4 is 28.1 Å². The number of carbonyl (C=O) groups is 1. The zero-order chi connectivity index (χ0) is 18.1. The van der Waals surface area contributed by atoms with Crippen molar-refractivity contribution in [2.24, 2.45) is 0 Å². The Balaban J connectivity index is 1.78. The Bertz CT molecular complexity index is 936. The number of carbonyl (C=O) groups excluding carboxylic acids is 1. The average molecular weight is 356 g/mol. The van der Waals surface area contributed by atoms with Gasteiger partial charge in [-0.3, -0.25) is 4.79 Å². The van der Waals surface area contributed by atoms with Gasteiger partial charge in [-0.1, -0.05) is 19.1 Å². The van der Waals surface area contributed by atoms with Crippen molar-refractivity contribution in [2.45, 2.75) is 54.0 Å². The molecule has 1 aromatic carbocycles. The maximum Gasteiger partial charge on any atom is 0.224 e. The van der Waals surface area contributed by atoms with Crippen LogP contribution in [0.15, 0.2) is 12.1 Å². The van der Waals surface area contributed by atoms with Crippen LogP contribution >= 0.6 is 11.3 Å². The van der Waals surface area contributed by atoms with Crippen molar-refractivity contribution in [3.05, 3.63) is 50.1 Å². The Labute approximate surface area is 152 Å². The van der Waals surface area contributed by atoms with E-state index in [-0.39, 0.29) is 5.91 Å². The molecule has 0 aliphatic rings. The standard InChI is InChI=1S/C20H25N3OS/c1-6-16-17(25-14(5)23-16)10-21-18(24)9-15-13(4)22-20-12(3)8-7-11(2)19(15)20/h7-8,22H,6,9-10H2,1-5H3,(H,21,24). The normalized spacial score (nSPS) is 11.2. The van der Waals surface area contributed by atoms with Crippen LogP contribution < -0.4 is 5.32 Å². The summed E-state index contributed by atoms with van der Waals surface area (Å²) in [6, 6.07) is 4.25. The fourth-order valence-electron chi connectivity index (χ4n) is 3.36. The molecule has 0 atom stereocenters. The van der Waals surface area contributed by atoms with Crippen molar-refractivity contribution < 1.29 is 4.79 Å². The first-order valence-electron chi connectivity index (χ1n) is 8.70. The maximum atomic E-state index is 12.5. The molecule has 0 spiro atoms. The third kappa shape index (κ3) is 3.47. The number of hydrogen-bond donors (Lipinski definition) is 2. The number of aryl methyl sites for hydroxylation is 5. The van der Waals surface area contributed by atoms with Gasteiger partial charge in [-0.25, -0.2) is 4.98 Å². The first kappa shape index (κ1) is 17.7. The first-order chi connectivity index (χ1) is 11.9. The lowest BCUT2D eigenvalue weighted by Crippen LogP contribution is -2.24. The van der Waals surface area contributed by atoms with Gasteiger partial charge in [0.25, 0.3) is 0 Å². The largest absolute Gasteiger partial charge is 0.358 e. The Morgan fingerprint density at radius 2 is 1.92 bits per heavy atom. The van der Waals surface area contributed by atoms with Crippen molar-refractivity contribution in [2.75, 3.05) is 0 Å². The highest BCUT2D eigenvalue weighted by molar-refractivity contribution is 7.11. The molecule has 0 saturated carbocycles. The van der Waals surface area contributed by atoms with Gasteiger partial charge >= 0.3 is 0 Å². The highest BCUT2D eigenvalue weighted by Gasteiger charge is 2.16. The fraction of sp³-hybridized carbons (Fsp3) is 0.400. The van der Waals surface area contributed by atoms with E-state index in [0.717, 1.165) is 38.8 Å². The molecule has 0 radical (unpaired) electrons. The Kier molecular flexibility index (Phi) is 4.95. The molecule has 0 unspecified atom stereocenters. The van der Waals surface area contributed by atoms with E-state index in [1.165, 1.54) is 16.5 Å². The van der Waals surface area contributed by atoms with Crippen LogP contribution in [0.1, 0.15) is 44.9 Å². The molecule has 4 nitrogen and oxygen atoms in total. The average Bonchev–Trinajstić information content (AvgIpc) is 3.10. The molecule has 0 aliphatic heterocycles. The summed E-state index contributed by atoms with van der Waals surface area (Å²) in [6.07, 6.45) is 1.30. The molecular weight excluding hydrogens is 330 g/mol. The number of H-pyrrole nitrogens is 1. The molecule has 5 heteroatoms. The van der Waals surface area contributed by atoms with Gasteiger partial charge in [0.05, 0.1) is 23.7 Å². The van der Waals surface area contributed by atoms with E-state index in [1.807, 2.05) is 13.8 Å². The Hall–Kier alpha value is -2.14. The van der Waals surface area contributed by atoms with E-state index in [9.17, 15) is 4.79 Å². The number of aromatic amines is 1. The molecule has 132 valence electrons. The van der Waals surface area contributed by atoms with Crippen LogP contribution in [0.3, 0.4) is 0 Å². The zero-order valence-electron chi connectivity index (χ0n) is 15.5. The second kappa shape index (κ2) is 7.00. The van der Waals surface area contributed by atoms with Gasteiger partial charge in [-0.2, -0.15) is 0 Å². The molecule has 25 heavy (non-hydrogen) atoms. The molecule has 3 aromatic rings.